The first-order valence-electron chi connectivity index (χ1n) is 6.34. The number of halogens is 2. The molecule has 0 saturated carbocycles. The molecule has 2 aromatic rings. The Morgan fingerprint density at radius 3 is 2.32 bits per heavy atom. The van der Waals surface area contributed by atoms with Gasteiger partial charge in [-0.25, -0.2) is 0 Å². The van der Waals surface area contributed by atoms with Gasteiger partial charge in [0.15, 0.2) is 4.32 Å². The molecule has 0 bridgehead atoms. The van der Waals surface area contributed by atoms with Crippen LogP contribution in [-0.4, -0.2) is 10.2 Å². The molecule has 2 nitrogen and oxygen atoms in total. The fraction of sp³-hybridized carbons (Fsp3) is 0. The van der Waals surface area contributed by atoms with Crippen LogP contribution in [0.4, 0.5) is 5.69 Å². The summed E-state index contributed by atoms with van der Waals surface area (Å²) in [7, 11) is 0. The van der Waals surface area contributed by atoms with Gasteiger partial charge in [-0.15, -0.1) is 0 Å². The summed E-state index contributed by atoms with van der Waals surface area (Å²) in [4.78, 5) is 14.6. The Morgan fingerprint density at radius 2 is 1.68 bits per heavy atom. The van der Waals surface area contributed by atoms with Gasteiger partial charge >= 0.3 is 0 Å². The molecule has 0 atom stereocenters. The van der Waals surface area contributed by atoms with Crippen LogP contribution in [0.1, 0.15) is 5.56 Å². The van der Waals surface area contributed by atoms with Crippen molar-refractivity contribution in [3.05, 3.63) is 69.0 Å². The zero-order valence-corrected chi connectivity index (χ0v) is 14.3. The zero-order chi connectivity index (χ0) is 15.7. The predicted octanol–water partition coefficient (Wildman–Crippen LogP) is 5.40. The highest BCUT2D eigenvalue weighted by atomic mass is 35.5. The number of benzene rings is 2. The molecule has 0 aromatic heterocycles. The Morgan fingerprint density at radius 1 is 1.05 bits per heavy atom. The number of rotatable bonds is 2. The van der Waals surface area contributed by atoms with Gasteiger partial charge in [0.25, 0.3) is 5.91 Å². The second-order valence-electron chi connectivity index (χ2n) is 4.56. The van der Waals surface area contributed by atoms with E-state index in [9.17, 15) is 4.79 Å². The molecule has 0 spiro atoms. The van der Waals surface area contributed by atoms with Crippen molar-refractivity contribution in [3.8, 4) is 0 Å². The SMILES string of the molecule is O=C1/C(=C\c2ccccc2)SC(=S)N1c1cc(Cl)cc(Cl)c1. The lowest BCUT2D eigenvalue weighted by molar-refractivity contribution is -0.113. The van der Waals surface area contributed by atoms with Gasteiger partial charge in [-0.2, -0.15) is 0 Å². The van der Waals surface area contributed by atoms with E-state index in [4.69, 9.17) is 35.4 Å². The minimum absolute atomic E-state index is 0.169. The van der Waals surface area contributed by atoms with E-state index in [1.807, 2.05) is 36.4 Å². The topological polar surface area (TPSA) is 20.3 Å². The smallest absolute Gasteiger partial charge is 0.268 e. The number of carbonyl (C=O) groups is 1. The van der Waals surface area contributed by atoms with E-state index in [2.05, 4.69) is 0 Å². The van der Waals surface area contributed by atoms with Crippen LogP contribution in [0.5, 0.6) is 0 Å². The molecular formula is C16H9Cl2NOS2. The van der Waals surface area contributed by atoms with Gasteiger partial charge in [0.1, 0.15) is 0 Å². The van der Waals surface area contributed by atoms with Crippen molar-refractivity contribution in [2.45, 2.75) is 0 Å². The van der Waals surface area contributed by atoms with E-state index < -0.39 is 0 Å². The maximum Gasteiger partial charge on any atom is 0.270 e. The molecule has 1 saturated heterocycles. The van der Waals surface area contributed by atoms with E-state index in [0.717, 1.165) is 5.56 Å². The number of carbonyl (C=O) groups excluding carboxylic acids is 1. The van der Waals surface area contributed by atoms with Crippen molar-refractivity contribution >= 4 is 69.2 Å². The van der Waals surface area contributed by atoms with Crippen LogP contribution in [0.2, 0.25) is 10.0 Å². The van der Waals surface area contributed by atoms with E-state index in [0.29, 0.717) is 25.0 Å². The van der Waals surface area contributed by atoms with Crippen LogP contribution in [0.3, 0.4) is 0 Å². The van der Waals surface area contributed by atoms with Crippen molar-refractivity contribution < 1.29 is 4.79 Å². The number of thioether (sulfide) groups is 1. The maximum absolute atomic E-state index is 12.6. The lowest BCUT2D eigenvalue weighted by Gasteiger charge is -2.15. The normalized spacial score (nSPS) is 16.6. The van der Waals surface area contributed by atoms with Crippen LogP contribution in [0.25, 0.3) is 6.08 Å². The average Bonchev–Trinajstić information content (AvgIpc) is 2.73. The van der Waals surface area contributed by atoms with E-state index >= 15 is 0 Å². The van der Waals surface area contributed by atoms with Crippen molar-refractivity contribution in [2.75, 3.05) is 4.90 Å². The first kappa shape index (κ1) is 15.6. The lowest BCUT2D eigenvalue weighted by atomic mass is 10.2. The third kappa shape index (κ3) is 3.20. The van der Waals surface area contributed by atoms with Gasteiger partial charge in [0, 0.05) is 10.0 Å². The Bertz CT molecular complexity index is 770. The van der Waals surface area contributed by atoms with Gasteiger partial charge in [-0.3, -0.25) is 9.69 Å². The molecule has 0 unspecified atom stereocenters. The van der Waals surface area contributed by atoms with Crippen molar-refractivity contribution in [1.82, 2.24) is 0 Å². The molecule has 22 heavy (non-hydrogen) atoms. The van der Waals surface area contributed by atoms with Gasteiger partial charge in [0.05, 0.1) is 10.6 Å². The molecule has 2 aromatic carbocycles. The summed E-state index contributed by atoms with van der Waals surface area (Å²) in [6.45, 7) is 0. The molecular weight excluding hydrogens is 357 g/mol. The van der Waals surface area contributed by atoms with Crippen LogP contribution in [-0.2, 0) is 4.79 Å². The van der Waals surface area contributed by atoms with Gasteiger partial charge in [-0.1, -0.05) is 77.5 Å². The molecule has 0 aliphatic carbocycles. The van der Waals surface area contributed by atoms with Crippen molar-refractivity contribution in [1.29, 1.82) is 0 Å². The van der Waals surface area contributed by atoms with Crippen LogP contribution < -0.4 is 4.90 Å². The Hall–Kier alpha value is -1.33. The molecule has 6 heteroatoms. The standard InChI is InChI=1S/C16H9Cl2NOS2/c17-11-7-12(18)9-13(8-11)19-15(20)14(22-16(19)21)6-10-4-2-1-3-5-10/h1-9H/b14-6+. The number of hydrogen-bond acceptors (Lipinski definition) is 3. The summed E-state index contributed by atoms with van der Waals surface area (Å²) < 4.78 is 0.463. The summed E-state index contributed by atoms with van der Waals surface area (Å²) in [6.07, 6.45) is 1.82. The molecule has 110 valence electrons. The molecule has 1 fully saturated rings. The Labute approximate surface area is 147 Å². The van der Waals surface area contributed by atoms with E-state index in [1.165, 1.54) is 16.7 Å². The van der Waals surface area contributed by atoms with Crippen LogP contribution in [0, 0.1) is 0 Å². The average molecular weight is 366 g/mol. The summed E-state index contributed by atoms with van der Waals surface area (Å²) in [5, 5.41) is 0.923. The first-order valence-corrected chi connectivity index (χ1v) is 8.32. The Kier molecular flexibility index (Phi) is 4.54. The van der Waals surface area contributed by atoms with E-state index in [1.54, 1.807) is 18.2 Å². The van der Waals surface area contributed by atoms with Crippen LogP contribution in [0.15, 0.2) is 53.4 Å². The van der Waals surface area contributed by atoms with Crippen molar-refractivity contribution in [3.63, 3.8) is 0 Å². The third-order valence-corrected chi connectivity index (χ3v) is 4.74. The van der Waals surface area contributed by atoms with Gasteiger partial charge in [0.2, 0.25) is 0 Å². The fourth-order valence-corrected chi connectivity index (χ4v) is 3.87. The minimum Gasteiger partial charge on any atom is -0.268 e. The van der Waals surface area contributed by atoms with Crippen LogP contribution >= 0.6 is 47.2 Å². The Balaban J connectivity index is 1.97. The third-order valence-electron chi connectivity index (χ3n) is 3.00. The first-order chi connectivity index (χ1) is 10.5. The molecule has 1 aliphatic heterocycles. The zero-order valence-electron chi connectivity index (χ0n) is 11.1. The number of nitrogens with zero attached hydrogens (tertiary/aromatic N) is 1. The highest BCUT2D eigenvalue weighted by Gasteiger charge is 2.33. The number of amides is 1. The quantitative estimate of drug-likeness (QED) is 0.524. The largest absolute Gasteiger partial charge is 0.270 e. The second kappa shape index (κ2) is 6.42. The summed E-state index contributed by atoms with van der Waals surface area (Å²) in [5.74, 6) is -0.169. The number of anilines is 1. The minimum atomic E-state index is -0.169. The molecule has 0 N–H and O–H groups in total. The summed E-state index contributed by atoms with van der Waals surface area (Å²) in [6, 6.07) is 14.6. The predicted molar refractivity (Wildman–Crippen MR) is 98.6 cm³/mol. The lowest BCUT2D eigenvalue weighted by Crippen LogP contribution is -2.27. The highest BCUT2D eigenvalue weighted by molar-refractivity contribution is 8.27. The molecule has 0 radical (unpaired) electrons. The molecule has 1 amide bonds. The monoisotopic (exact) mass is 365 g/mol. The molecule has 3 rings (SSSR count). The molecule has 1 heterocycles. The number of thiocarbonyl (C=S) groups is 1. The van der Waals surface area contributed by atoms with Crippen molar-refractivity contribution in [2.24, 2.45) is 0 Å². The van der Waals surface area contributed by atoms with Gasteiger partial charge in [-0.05, 0) is 29.8 Å². The number of hydrogen-bond donors (Lipinski definition) is 0. The molecule has 1 aliphatic rings. The summed E-state index contributed by atoms with van der Waals surface area (Å²) >= 11 is 18.6. The van der Waals surface area contributed by atoms with Gasteiger partial charge < -0.3 is 0 Å². The summed E-state index contributed by atoms with van der Waals surface area (Å²) in [5.41, 5.74) is 1.53. The second-order valence-corrected chi connectivity index (χ2v) is 7.10. The maximum atomic E-state index is 12.6. The van der Waals surface area contributed by atoms with E-state index in [-0.39, 0.29) is 5.91 Å². The fourth-order valence-electron chi connectivity index (χ4n) is 2.06. The highest BCUT2D eigenvalue weighted by Crippen LogP contribution is 2.37.